The zero-order chi connectivity index (χ0) is 15.5. The number of hydrogen-bond donors (Lipinski definition) is 1. The minimum atomic E-state index is -0.245. The summed E-state index contributed by atoms with van der Waals surface area (Å²) < 4.78 is 1.03. The third-order valence-corrected chi connectivity index (χ3v) is 4.59. The van der Waals surface area contributed by atoms with E-state index in [1.54, 1.807) is 24.3 Å². The Hall–Kier alpha value is -1.88. The third kappa shape index (κ3) is 3.47. The first-order chi connectivity index (χ1) is 10.6. The largest absolute Gasteiger partial charge is 0.298 e. The SMILES string of the molecule is O=C(/C=C/c1ccc(Cl)c(Cl)c1)Nc1nc2ccccc2s1. The zero-order valence-corrected chi connectivity index (χ0v) is 13.5. The number of amides is 1. The molecule has 22 heavy (non-hydrogen) atoms. The molecule has 0 saturated carbocycles. The molecule has 0 fully saturated rings. The van der Waals surface area contributed by atoms with E-state index in [-0.39, 0.29) is 5.91 Å². The molecule has 3 rings (SSSR count). The maximum atomic E-state index is 11.9. The van der Waals surface area contributed by atoms with Crippen LogP contribution in [0.3, 0.4) is 0 Å². The van der Waals surface area contributed by atoms with E-state index in [0.717, 1.165) is 15.8 Å². The number of fused-ring (bicyclic) bond motifs is 1. The molecule has 0 radical (unpaired) electrons. The number of thiazole rings is 1. The van der Waals surface area contributed by atoms with Crippen LogP contribution in [0.4, 0.5) is 5.13 Å². The molecule has 0 unspecified atom stereocenters. The van der Waals surface area contributed by atoms with Crippen molar-refractivity contribution in [3.63, 3.8) is 0 Å². The van der Waals surface area contributed by atoms with Crippen LogP contribution >= 0.6 is 34.5 Å². The highest BCUT2D eigenvalue weighted by Gasteiger charge is 2.05. The molecule has 110 valence electrons. The molecule has 2 aromatic carbocycles. The van der Waals surface area contributed by atoms with Gasteiger partial charge >= 0.3 is 0 Å². The molecule has 1 aromatic heterocycles. The van der Waals surface area contributed by atoms with Crippen molar-refractivity contribution in [1.29, 1.82) is 0 Å². The molecule has 0 atom stereocenters. The number of halogens is 2. The fourth-order valence-electron chi connectivity index (χ4n) is 1.86. The van der Waals surface area contributed by atoms with Crippen molar-refractivity contribution in [3.8, 4) is 0 Å². The van der Waals surface area contributed by atoms with Gasteiger partial charge < -0.3 is 0 Å². The second-order valence-electron chi connectivity index (χ2n) is 4.48. The van der Waals surface area contributed by atoms with Crippen LogP contribution in [0, 0.1) is 0 Å². The lowest BCUT2D eigenvalue weighted by atomic mass is 10.2. The Labute approximate surface area is 141 Å². The van der Waals surface area contributed by atoms with Gasteiger partial charge in [-0.1, -0.05) is 52.7 Å². The zero-order valence-electron chi connectivity index (χ0n) is 11.2. The van der Waals surface area contributed by atoms with Crippen LogP contribution in [0.5, 0.6) is 0 Å². The lowest BCUT2D eigenvalue weighted by Crippen LogP contribution is -2.07. The molecular weight excluding hydrogens is 339 g/mol. The molecule has 0 spiro atoms. The van der Waals surface area contributed by atoms with Gasteiger partial charge in [-0.25, -0.2) is 4.98 Å². The van der Waals surface area contributed by atoms with Gasteiger partial charge in [0.15, 0.2) is 5.13 Å². The number of hydrogen-bond acceptors (Lipinski definition) is 3. The van der Waals surface area contributed by atoms with Crippen LogP contribution in [-0.2, 0) is 4.79 Å². The van der Waals surface area contributed by atoms with E-state index in [0.29, 0.717) is 15.2 Å². The van der Waals surface area contributed by atoms with Crippen molar-refractivity contribution in [2.75, 3.05) is 5.32 Å². The summed E-state index contributed by atoms with van der Waals surface area (Å²) in [5, 5.41) is 4.26. The van der Waals surface area contributed by atoms with Crippen molar-refractivity contribution in [2.45, 2.75) is 0 Å². The maximum Gasteiger partial charge on any atom is 0.250 e. The van der Waals surface area contributed by atoms with Crippen LogP contribution < -0.4 is 5.32 Å². The maximum absolute atomic E-state index is 11.9. The number of anilines is 1. The average Bonchev–Trinajstić information content (AvgIpc) is 2.90. The van der Waals surface area contributed by atoms with Crippen molar-refractivity contribution in [3.05, 3.63) is 64.1 Å². The Morgan fingerprint density at radius 2 is 1.95 bits per heavy atom. The number of carbonyl (C=O) groups is 1. The number of para-hydroxylation sites is 1. The number of aromatic nitrogens is 1. The van der Waals surface area contributed by atoms with Gasteiger partial charge in [0.25, 0.3) is 0 Å². The Morgan fingerprint density at radius 3 is 2.73 bits per heavy atom. The second-order valence-corrected chi connectivity index (χ2v) is 6.33. The van der Waals surface area contributed by atoms with Crippen LogP contribution in [0.1, 0.15) is 5.56 Å². The molecule has 3 aromatic rings. The Kier molecular flexibility index (Phi) is 4.43. The summed E-state index contributed by atoms with van der Waals surface area (Å²) in [4.78, 5) is 16.3. The van der Waals surface area contributed by atoms with Crippen molar-refractivity contribution < 1.29 is 4.79 Å². The van der Waals surface area contributed by atoms with E-state index in [1.165, 1.54) is 17.4 Å². The van der Waals surface area contributed by atoms with Gasteiger partial charge in [0, 0.05) is 6.08 Å². The minimum absolute atomic E-state index is 0.245. The molecule has 1 N–H and O–H groups in total. The summed E-state index contributed by atoms with van der Waals surface area (Å²) in [6.07, 6.45) is 3.11. The van der Waals surface area contributed by atoms with E-state index < -0.39 is 0 Å². The number of benzene rings is 2. The van der Waals surface area contributed by atoms with Crippen molar-refractivity contribution in [2.24, 2.45) is 0 Å². The molecular formula is C16H10Cl2N2OS. The van der Waals surface area contributed by atoms with Gasteiger partial charge in [-0.15, -0.1) is 0 Å². The van der Waals surface area contributed by atoms with Gasteiger partial charge in [-0.05, 0) is 35.9 Å². The minimum Gasteiger partial charge on any atom is -0.298 e. The molecule has 1 amide bonds. The lowest BCUT2D eigenvalue weighted by molar-refractivity contribution is -0.111. The molecule has 0 aliphatic carbocycles. The fraction of sp³-hybridized carbons (Fsp3) is 0. The first-order valence-corrected chi connectivity index (χ1v) is 7.99. The van der Waals surface area contributed by atoms with E-state index in [2.05, 4.69) is 10.3 Å². The quantitative estimate of drug-likeness (QED) is 0.656. The van der Waals surface area contributed by atoms with Gasteiger partial charge in [0.2, 0.25) is 5.91 Å². The molecule has 0 aliphatic rings. The van der Waals surface area contributed by atoms with E-state index in [1.807, 2.05) is 24.3 Å². The smallest absolute Gasteiger partial charge is 0.250 e. The third-order valence-electron chi connectivity index (χ3n) is 2.89. The number of nitrogens with zero attached hydrogens (tertiary/aromatic N) is 1. The summed E-state index contributed by atoms with van der Waals surface area (Å²) in [5.74, 6) is -0.245. The van der Waals surface area contributed by atoms with Crippen LogP contribution in [0.25, 0.3) is 16.3 Å². The van der Waals surface area contributed by atoms with Gasteiger partial charge in [0.05, 0.1) is 20.3 Å². The van der Waals surface area contributed by atoms with Crippen molar-refractivity contribution >= 4 is 61.9 Å². The number of rotatable bonds is 3. The molecule has 3 nitrogen and oxygen atoms in total. The number of nitrogens with one attached hydrogen (secondary N) is 1. The van der Waals surface area contributed by atoms with E-state index >= 15 is 0 Å². The highest BCUT2D eigenvalue weighted by molar-refractivity contribution is 7.22. The molecule has 0 saturated heterocycles. The average molecular weight is 349 g/mol. The molecule has 1 heterocycles. The van der Waals surface area contributed by atoms with Crippen molar-refractivity contribution in [1.82, 2.24) is 4.98 Å². The lowest BCUT2D eigenvalue weighted by Gasteiger charge is -1.98. The van der Waals surface area contributed by atoms with E-state index in [9.17, 15) is 4.79 Å². The predicted molar refractivity (Wildman–Crippen MR) is 93.7 cm³/mol. The van der Waals surface area contributed by atoms with Gasteiger partial charge in [-0.3, -0.25) is 10.1 Å². The predicted octanol–water partition coefficient (Wildman–Crippen LogP) is 5.26. The number of carbonyl (C=O) groups excluding carboxylic acids is 1. The first-order valence-electron chi connectivity index (χ1n) is 6.41. The summed E-state index contributed by atoms with van der Waals surface area (Å²) in [7, 11) is 0. The molecule has 0 aliphatic heterocycles. The molecule has 6 heteroatoms. The highest BCUT2D eigenvalue weighted by atomic mass is 35.5. The topological polar surface area (TPSA) is 42.0 Å². The Balaban J connectivity index is 1.71. The Bertz CT molecular complexity index is 840. The standard InChI is InChI=1S/C16H10Cl2N2OS/c17-11-7-5-10(9-12(11)18)6-8-15(21)20-16-19-13-3-1-2-4-14(13)22-16/h1-9H,(H,19,20,21)/b8-6+. The summed E-state index contributed by atoms with van der Waals surface area (Å²) in [6, 6.07) is 12.9. The van der Waals surface area contributed by atoms with Gasteiger partial charge in [-0.2, -0.15) is 0 Å². The first kappa shape index (κ1) is 15.0. The fourth-order valence-corrected chi connectivity index (χ4v) is 3.04. The monoisotopic (exact) mass is 348 g/mol. The summed E-state index contributed by atoms with van der Waals surface area (Å²) in [5.41, 5.74) is 1.67. The summed E-state index contributed by atoms with van der Waals surface area (Å²) >= 11 is 13.2. The Morgan fingerprint density at radius 1 is 1.14 bits per heavy atom. The van der Waals surface area contributed by atoms with Gasteiger partial charge in [0.1, 0.15) is 0 Å². The second kappa shape index (κ2) is 6.48. The van der Waals surface area contributed by atoms with Crippen LogP contribution in [-0.4, -0.2) is 10.9 Å². The molecule has 0 bridgehead atoms. The highest BCUT2D eigenvalue weighted by Crippen LogP contribution is 2.25. The van der Waals surface area contributed by atoms with Crippen LogP contribution in [0.2, 0.25) is 10.0 Å². The normalized spacial score (nSPS) is 11.2. The summed E-state index contributed by atoms with van der Waals surface area (Å²) in [6.45, 7) is 0. The van der Waals surface area contributed by atoms with E-state index in [4.69, 9.17) is 23.2 Å². The van der Waals surface area contributed by atoms with Crippen LogP contribution in [0.15, 0.2) is 48.5 Å².